The van der Waals surface area contributed by atoms with Crippen molar-refractivity contribution in [3.8, 4) is 0 Å². The number of rotatable bonds is 8. The first kappa shape index (κ1) is 23.7. The molecule has 28 heavy (non-hydrogen) atoms. The molecular weight excluding hydrogens is 352 g/mol. The summed E-state index contributed by atoms with van der Waals surface area (Å²) in [6, 6.07) is 2.02. The molecule has 6 nitrogen and oxygen atoms in total. The largest absolute Gasteiger partial charge is 0.501 e. The normalized spacial score (nSPS) is 16.7. The Balaban J connectivity index is 0.00000190. The molecule has 1 saturated heterocycles. The van der Waals surface area contributed by atoms with Crippen LogP contribution in [-0.4, -0.2) is 45.3 Å². The summed E-state index contributed by atoms with van der Waals surface area (Å²) in [6.07, 6.45) is 5.74. The molecule has 0 aliphatic carbocycles. The Morgan fingerprint density at radius 2 is 2.00 bits per heavy atom. The average Bonchev–Trinajstić information content (AvgIpc) is 3.18. The van der Waals surface area contributed by atoms with Gasteiger partial charge in [-0.15, -0.1) is 0 Å². The van der Waals surface area contributed by atoms with Crippen LogP contribution in [-0.2, 0) is 4.74 Å². The zero-order chi connectivity index (χ0) is 21.1. The first-order chi connectivity index (χ1) is 13.5. The molecule has 0 aromatic carbocycles. The summed E-state index contributed by atoms with van der Waals surface area (Å²) >= 11 is 0. The molecule has 0 amide bonds. The Morgan fingerprint density at radius 3 is 2.50 bits per heavy atom. The minimum absolute atomic E-state index is 0.00718. The lowest BCUT2D eigenvalue weighted by molar-refractivity contribution is 0.227. The van der Waals surface area contributed by atoms with Gasteiger partial charge in [0.1, 0.15) is 5.76 Å². The van der Waals surface area contributed by atoms with Crippen molar-refractivity contribution in [3.63, 3.8) is 0 Å². The van der Waals surface area contributed by atoms with Gasteiger partial charge < -0.3 is 14.2 Å². The number of hydrogen-bond donors (Lipinski definition) is 0. The molecule has 0 bridgehead atoms. The maximum absolute atomic E-state index is 5.63. The van der Waals surface area contributed by atoms with Gasteiger partial charge in [-0.1, -0.05) is 39.4 Å². The highest BCUT2D eigenvalue weighted by Crippen LogP contribution is 2.34. The highest BCUT2D eigenvalue weighted by atomic mass is 16.5. The fraction of sp³-hybridized carbons (Fsp3) is 0.591. The molecule has 2 rings (SSSR count). The van der Waals surface area contributed by atoms with E-state index in [1.165, 1.54) is 0 Å². The Bertz CT molecular complexity index is 668. The van der Waals surface area contributed by atoms with Gasteiger partial charge in [0.25, 0.3) is 0 Å². The molecule has 1 aromatic rings. The number of aromatic nitrogens is 1. The monoisotopic (exact) mass is 388 g/mol. The van der Waals surface area contributed by atoms with Crippen molar-refractivity contribution in [1.29, 1.82) is 0 Å². The lowest BCUT2D eigenvalue weighted by atomic mass is 9.89. The van der Waals surface area contributed by atoms with Crippen LogP contribution < -0.4 is 4.90 Å². The van der Waals surface area contributed by atoms with E-state index < -0.39 is 0 Å². The van der Waals surface area contributed by atoms with Gasteiger partial charge in [-0.25, -0.2) is 0 Å². The molecule has 0 N–H and O–H groups in total. The summed E-state index contributed by atoms with van der Waals surface area (Å²) in [6.45, 7) is 17.6. The van der Waals surface area contributed by atoms with E-state index in [0.717, 1.165) is 43.1 Å². The molecule has 1 aliphatic heterocycles. The van der Waals surface area contributed by atoms with Crippen LogP contribution in [0.1, 0.15) is 52.2 Å². The Labute approximate surface area is 170 Å². The summed E-state index contributed by atoms with van der Waals surface area (Å²) in [5, 5.41) is 4.29. The topological polar surface area (TPSA) is 63.2 Å². The van der Waals surface area contributed by atoms with E-state index in [2.05, 4.69) is 47.2 Å². The summed E-state index contributed by atoms with van der Waals surface area (Å²) in [5.74, 6) is 3.16. The van der Waals surface area contributed by atoms with E-state index in [0.29, 0.717) is 17.6 Å². The van der Waals surface area contributed by atoms with Gasteiger partial charge >= 0.3 is 0 Å². The second-order valence-corrected chi connectivity index (χ2v) is 6.94. The lowest BCUT2D eigenvalue weighted by Crippen LogP contribution is -2.34. The highest BCUT2D eigenvalue weighted by Gasteiger charge is 2.28. The van der Waals surface area contributed by atoms with Crippen molar-refractivity contribution in [2.75, 3.05) is 32.1 Å². The number of piperidine rings is 1. The predicted molar refractivity (Wildman–Crippen MR) is 119 cm³/mol. The van der Waals surface area contributed by atoms with Crippen molar-refractivity contribution in [2.24, 2.45) is 21.8 Å². The number of methoxy groups -OCH3 is 1. The molecule has 1 aromatic heterocycles. The molecular formula is C22H36N4O2. The van der Waals surface area contributed by atoms with E-state index in [4.69, 9.17) is 9.26 Å². The summed E-state index contributed by atoms with van der Waals surface area (Å²) in [7, 11) is 3.42. The molecule has 1 unspecified atom stereocenters. The maximum Gasteiger partial charge on any atom is 0.172 e. The standard InChI is InChI=1S/C20H30N4O2.C2H6/c1-14(2)20(15(3)25-6)18-11-19(23-26-18)24-9-7-16(8-10-24)17(12-21-4)13-22-5;1-2/h11-14,16,20H,3-4,7-10H2,1-2,5-6H3;1-2H3/b17-12+,22-13?;. The zero-order valence-electron chi connectivity index (χ0n) is 18.3. The lowest BCUT2D eigenvalue weighted by Gasteiger charge is -2.32. The van der Waals surface area contributed by atoms with Crippen molar-refractivity contribution in [3.05, 3.63) is 35.9 Å². The van der Waals surface area contributed by atoms with Gasteiger partial charge in [0.15, 0.2) is 5.82 Å². The Kier molecular flexibility index (Phi) is 10.3. The SMILES string of the molecule is C=N/C=C(\C=NC)C1CCN(c2cc(C(C(=C)OC)C(C)C)on2)CC1.CC. The quantitative estimate of drug-likeness (QED) is 0.459. The summed E-state index contributed by atoms with van der Waals surface area (Å²) in [5.41, 5.74) is 1.14. The van der Waals surface area contributed by atoms with Crippen molar-refractivity contribution >= 4 is 18.7 Å². The fourth-order valence-electron chi connectivity index (χ4n) is 3.50. The Morgan fingerprint density at radius 1 is 1.36 bits per heavy atom. The summed E-state index contributed by atoms with van der Waals surface area (Å²) < 4.78 is 11.0. The molecule has 2 heterocycles. The molecule has 0 saturated carbocycles. The molecule has 6 heteroatoms. The average molecular weight is 389 g/mol. The van der Waals surface area contributed by atoms with Gasteiger partial charge in [-0.05, 0) is 37.0 Å². The highest BCUT2D eigenvalue weighted by molar-refractivity contribution is 5.79. The van der Waals surface area contributed by atoms with E-state index in [1.54, 1.807) is 14.2 Å². The van der Waals surface area contributed by atoms with Crippen LogP contribution in [0.25, 0.3) is 0 Å². The molecule has 156 valence electrons. The van der Waals surface area contributed by atoms with E-state index in [-0.39, 0.29) is 5.92 Å². The van der Waals surface area contributed by atoms with Crippen molar-refractivity contribution in [1.82, 2.24) is 5.16 Å². The van der Waals surface area contributed by atoms with Crippen LogP contribution in [0.3, 0.4) is 0 Å². The van der Waals surface area contributed by atoms with Gasteiger partial charge in [-0.2, -0.15) is 0 Å². The molecule has 1 fully saturated rings. The second-order valence-electron chi connectivity index (χ2n) is 6.94. The fourth-order valence-corrected chi connectivity index (χ4v) is 3.50. The third-order valence-electron chi connectivity index (χ3n) is 4.91. The number of hydrogen-bond acceptors (Lipinski definition) is 6. The van der Waals surface area contributed by atoms with E-state index in [1.807, 2.05) is 32.3 Å². The first-order valence-electron chi connectivity index (χ1n) is 10.0. The zero-order valence-corrected chi connectivity index (χ0v) is 18.3. The number of aliphatic imine (C=N–C) groups is 2. The number of anilines is 1. The van der Waals surface area contributed by atoms with Crippen LogP contribution in [0.2, 0.25) is 0 Å². The van der Waals surface area contributed by atoms with Gasteiger partial charge in [-0.3, -0.25) is 9.98 Å². The maximum atomic E-state index is 5.63. The summed E-state index contributed by atoms with van der Waals surface area (Å²) in [4.78, 5) is 10.3. The third kappa shape index (κ3) is 6.08. The van der Waals surface area contributed by atoms with Crippen LogP contribution in [0.4, 0.5) is 5.82 Å². The molecule has 1 atom stereocenters. The Hall–Kier alpha value is -2.37. The first-order valence-corrected chi connectivity index (χ1v) is 10.0. The minimum atomic E-state index is 0.00718. The van der Waals surface area contributed by atoms with E-state index >= 15 is 0 Å². The molecule has 1 aliphatic rings. The minimum Gasteiger partial charge on any atom is -0.501 e. The predicted octanol–water partition coefficient (Wildman–Crippen LogP) is 5.10. The number of nitrogens with zero attached hydrogens (tertiary/aromatic N) is 4. The van der Waals surface area contributed by atoms with Crippen LogP contribution in [0.5, 0.6) is 0 Å². The number of ether oxygens (including phenoxy) is 1. The molecule has 0 spiro atoms. The van der Waals surface area contributed by atoms with Crippen LogP contribution in [0.15, 0.2) is 44.7 Å². The second kappa shape index (κ2) is 12.2. The van der Waals surface area contributed by atoms with Gasteiger partial charge in [0.2, 0.25) is 0 Å². The number of allylic oxidation sites excluding steroid dienone is 2. The van der Waals surface area contributed by atoms with Gasteiger partial charge in [0.05, 0.1) is 18.8 Å². The smallest absolute Gasteiger partial charge is 0.172 e. The van der Waals surface area contributed by atoms with Crippen molar-refractivity contribution in [2.45, 2.75) is 46.5 Å². The van der Waals surface area contributed by atoms with Crippen molar-refractivity contribution < 1.29 is 9.26 Å². The van der Waals surface area contributed by atoms with Crippen LogP contribution >= 0.6 is 0 Å². The third-order valence-corrected chi connectivity index (χ3v) is 4.91. The van der Waals surface area contributed by atoms with Gasteiger partial charge in [0, 0.05) is 38.6 Å². The molecule has 0 radical (unpaired) electrons. The van der Waals surface area contributed by atoms with Crippen LogP contribution in [0, 0.1) is 11.8 Å². The van der Waals surface area contributed by atoms with E-state index in [9.17, 15) is 0 Å².